The summed E-state index contributed by atoms with van der Waals surface area (Å²) in [4.78, 5) is 30.7. The van der Waals surface area contributed by atoms with Crippen LogP contribution in [0.3, 0.4) is 0 Å². The van der Waals surface area contributed by atoms with Gasteiger partial charge in [0.15, 0.2) is 23.0 Å². The first-order valence-electron chi connectivity index (χ1n) is 19.1. The van der Waals surface area contributed by atoms with E-state index in [1.54, 1.807) is 24.8 Å². The molecule has 0 unspecified atom stereocenters. The predicted molar refractivity (Wildman–Crippen MR) is 230 cm³/mol. The molecule has 0 N–H and O–H groups in total. The lowest BCUT2D eigenvalue weighted by atomic mass is 10.1. The monoisotopic (exact) mass is 764 g/mol. The van der Waals surface area contributed by atoms with Crippen LogP contribution >= 0.6 is 0 Å². The van der Waals surface area contributed by atoms with Crippen LogP contribution in [0.5, 0.6) is 23.0 Å². The fourth-order valence-corrected chi connectivity index (χ4v) is 7.56. The van der Waals surface area contributed by atoms with Gasteiger partial charge in [-0.25, -0.2) is 0 Å². The molecule has 6 aromatic carbocycles. The minimum Gasteiger partial charge on any atom is -0.453 e. The van der Waals surface area contributed by atoms with Crippen molar-refractivity contribution in [1.82, 2.24) is 24.9 Å². The Morgan fingerprint density at radius 1 is 0.339 bits per heavy atom. The van der Waals surface area contributed by atoms with Gasteiger partial charge in [0.1, 0.15) is 0 Å². The van der Waals surface area contributed by atoms with Crippen molar-refractivity contribution in [3.05, 3.63) is 195 Å². The summed E-state index contributed by atoms with van der Waals surface area (Å²) in [5.74, 6) is 3.96. The van der Waals surface area contributed by atoms with Crippen LogP contribution < -0.4 is 24.2 Å². The van der Waals surface area contributed by atoms with Gasteiger partial charge in [0.25, 0.3) is 0 Å². The second kappa shape index (κ2) is 14.3. The average Bonchev–Trinajstić information content (AvgIpc) is 3.31. The first-order chi connectivity index (χ1) is 29.2. The summed E-state index contributed by atoms with van der Waals surface area (Å²) in [6.07, 6.45) is 7.21. The molecule has 0 fully saturated rings. The summed E-state index contributed by atoms with van der Waals surface area (Å²) in [6, 6.07) is 56.5. The highest BCUT2D eigenvalue weighted by Crippen LogP contribution is 2.52. The van der Waals surface area contributed by atoms with E-state index in [4.69, 9.17) is 24.4 Å². The lowest BCUT2D eigenvalue weighted by Crippen LogP contribution is -2.24. The number of aromatic nitrogens is 5. The van der Waals surface area contributed by atoms with E-state index in [0.29, 0.717) is 40.8 Å². The maximum Gasteiger partial charge on any atom is 0.241 e. The number of pyridine rings is 2. The highest BCUT2D eigenvalue weighted by Gasteiger charge is 2.33. The molecule has 5 heterocycles. The van der Waals surface area contributed by atoms with Crippen LogP contribution in [0.1, 0.15) is 0 Å². The minimum atomic E-state index is 0.404. The smallest absolute Gasteiger partial charge is 0.241 e. The lowest BCUT2D eigenvalue weighted by Gasteiger charge is -2.34. The molecule has 11 rings (SSSR count). The van der Waals surface area contributed by atoms with Crippen molar-refractivity contribution in [2.75, 3.05) is 14.7 Å². The zero-order valence-electron chi connectivity index (χ0n) is 31.4. The normalized spacial score (nSPS) is 12.3. The van der Waals surface area contributed by atoms with Gasteiger partial charge in [-0.1, -0.05) is 72.8 Å². The first-order valence-corrected chi connectivity index (χ1v) is 19.1. The Balaban J connectivity index is 1.16. The molecule has 0 saturated heterocycles. The molecule has 0 spiro atoms. The van der Waals surface area contributed by atoms with Crippen LogP contribution in [0.2, 0.25) is 0 Å². The maximum atomic E-state index is 6.42. The van der Waals surface area contributed by atoms with Crippen LogP contribution in [0.25, 0.3) is 22.3 Å². The standard InChI is InChI=1S/C49H32N8O2/c1-5-13-43-39(9-1)56(40-10-2-6-14-44(40)58-43)48-52-47(53-49(54-48)57-41-11-3-7-15-45(41)59-46-16-8-4-12-42(46)57)55(37-21-17-33(18-22-37)35-25-29-50-30-26-35)38-23-19-34(20-24-38)36-27-31-51-32-28-36/h1-32H. The predicted octanol–water partition coefficient (Wildman–Crippen LogP) is 12.6. The van der Waals surface area contributed by atoms with E-state index in [9.17, 15) is 0 Å². The van der Waals surface area contributed by atoms with Gasteiger partial charge in [-0.15, -0.1) is 0 Å². The van der Waals surface area contributed by atoms with E-state index in [1.165, 1.54) is 0 Å². The average molecular weight is 765 g/mol. The molecule has 3 aromatic heterocycles. The first kappa shape index (κ1) is 33.9. The number of nitrogens with zero attached hydrogens (tertiary/aromatic N) is 8. The number of benzene rings is 6. The summed E-state index contributed by atoms with van der Waals surface area (Å²) in [6.45, 7) is 0. The van der Waals surface area contributed by atoms with E-state index in [2.05, 4.69) is 63.4 Å². The lowest BCUT2D eigenvalue weighted by molar-refractivity contribution is 0.476. The zero-order chi connectivity index (χ0) is 39.1. The SMILES string of the molecule is c1ccc2c(c1)Oc1ccccc1N2c1nc(N(c2ccc(-c3ccncc3)cc2)c2ccc(-c3ccncc3)cc2)nc(N2c3ccccc3Oc3ccccc32)n1. The topological polar surface area (TPSA) is 92.6 Å². The molecule has 280 valence electrons. The summed E-state index contributed by atoms with van der Waals surface area (Å²) in [5.41, 5.74) is 9.16. The number of fused-ring (bicyclic) bond motifs is 4. The van der Waals surface area contributed by atoms with Gasteiger partial charge in [-0.3, -0.25) is 24.7 Å². The molecule has 10 heteroatoms. The van der Waals surface area contributed by atoms with Crippen molar-refractivity contribution < 1.29 is 9.47 Å². The number of hydrogen-bond acceptors (Lipinski definition) is 10. The molecular weight excluding hydrogens is 733 g/mol. The van der Waals surface area contributed by atoms with Crippen LogP contribution in [-0.4, -0.2) is 24.9 Å². The molecule has 0 aliphatic carbocycles. The molecule has 0 atom stereocenters. The van der Waals surface area contributed by atoms with Gasteiger partial charge < -0.3 is 9.47 Å². The van der Waals surface area contributed by atoms with E-state index < -0.39 is 0 Å². The Morgan fingerprint density at radius 2 is 0.661 bits per heavy atom. The third-order valence-corrected chi connectivity index (χ3v) is 10.3. The van der Waals surface area contributed by atoms with Gasteiger partial charge in [-0.05, 0) is 119 Å². The summed E-state index contributed by atoms with van der Waals surface area (Å²) in [7, 11) is 0. The van der Waals surface area contributed by atoms with E-state index >= 15 is 0 Å². The van der Waals surface area contributed by atoms with Crippen LogP contribution in [0.4, 0.5) is 52.0 Å². The van der Waals surface area contributed by atoms with Gasteiger partial charge in [0.05, 0.1) is 22.7 Å². The van der Waals surface area contributed by atoms with Crippen LogP contribution in [0.15, 0.2) is 195 Å². The number of hydrogen-bond donors (Lipinski definition) is 0. The molecule has 2 aliphatic heterocycles. The van der Waals surface area contributed by atoms with E-state index in [0.717, 1.165) is 56.4 Å². The summed E-state index contributed by atoms with van der Waals surface area (Å²) in [5, 5.41) is 0. The Bertz CT molecular complexity index is 2680. The Morgan fingerprint density at radius 3 is 1.02 bits per heavy atom. The second-order valence-electron chi connectivity index (χ2n) is 13.9. The van der Waals surface area contributed by atoms with E-state index in [-0.39, 0.29) is 0 Å². The highest BCUT2D eigenvalue weighted by molar-refractivity contribution is 5.88. The van der Waals surface area contributed by atoms with E-state index in [1.807, 2.05) is 131 Å². The van der Waals surface area contributed by atoms with Crippen LogP contribution in [0, 0.1) is 0 Å². The third-order valence-electron chi connectivity index (χ3n) is 10.3. The molecule has 0 saturated carbocycles. The molecular formula is C49H32N8O2. The number of ether oxygens (including phenoxy) is 2. The van der Waals surface area contributed by atoms with Gasteiger partial charge in [0.2, 0.25) is 17.8 Å². The summed E-state index contributed by atoms with van der Waals surface area (Å²) < 4.78 is 12.8. The number of rotatable bonds is 7. The third kappa shape index (κ3) is 6.12. The molecule has 10 nitrogen and oxygen atoms in total. The molecule has 0 amide bonds. The molecule has 59 heavy (non-hydrogen) atoms. The Labute approximate surface area is 339 Å². The fourth-order valence-electron chi connectivity index (χ4n) is 7.56. The quantitative estimate of drug-likeness (QED) is 0.156. The van der Waals surface area contributed by atoms with Crippen molar-refractivity contribution in [2.45, 2.75) is 0 Å². The van der Waals surface area contributed by atoms with Crippen molar-refractivity contribution >= 4 is 52.0 Å². The maximum absolute atomic E-state index is 6.42. The van der Waals surface area contributed by atoms with Crippen molar-refractivity contribution in [1.29, 1.82) is 0 Å². The number of anilines is 9. The largest absolute Gasteiger partial charge is 0.453 e. The van der Waals surface area contributed by atoms with Crippen molar-refractivity contribution in [3.63, 3.8) is 0 Å². The van der Waals surface area contributed by atoms with Crippen LogP contribution in [-0.2, 0) is 0 Å². The zero-order valence-corrected chi connectivity index (χ0v) is 31.4. The van der Waals surface area contributed by atoms with Gasteiger partial charge in [-0.2, -0.15) is 15.0 Å². The fraction of sp³-hybridized carbons (Fsp3) is 0. The highest BCUT2D eigenvalue weighted by atomic mass is 16.5. The Hall–Kier alpha value is -8.37. The van der Waals surface area contributed by atoms with Gasteiger partial charge >= 0.3 is 0 Å². The molecule has 0 radical (unpaired) electrons. The Kier molecular flexibility index (Phi) is 8.22. The molecule has 2 aliphatic rings. The molecule has 9 aromatic rings. The second-order valence-corrected chi connectivity index (χ2v) is 13.9. The van der Waals surface area contributed by atoms with Crippen molar-refractivity contribution in [3.8, 4) is 45.3 Å². The van der Waals surface area contributed by atoms with Crippen molar-refractivity contribution in [2.24, 2.45) is 0 Å². The molecule has 0 bridgehead atoms. The van der Waals surface area contributed by atoms with Gasteiger partial charge in [0, 0.05) is 36.2 Å². The number of para-hydroxylation sites is 8. The minimum absolute atomic E-state index is 0.404. The summed E-state index contributed by atoms with van der Waals surface area (Å²) >= 11 is 0.